The fraction of sp³-hybridized carbons (Fsp3) is 0.294. The second-order valence-electron chi connectivity index (χ2n) is 5.36. The van der Waals surface area contributed by atoms with E-state index in [1.54, 1.807) is 6.92 Å². The molecule has 0 aliphatic rings. The van der Waals surface area contributed by atoms with E-state index < -0.39 is 11.9 Å². The van der Waals surface area contributed by atoms with Gasteiger partial charge in [-0.15, -0.1) is 22.7 Å². The summed E-state index contributed by atoms with van der Waals surface area (Å²) in [7, 11) is 1.50. The second kappa shape index (κ2) is 9.27. The van der Waals surface area contributed by atoms with E-state index in [-0.39, 0.29) is 23.7 Å². The van der Waals surface area contributed by atoms with Crippen molar-refractivity contribution in [2.45, 2.75) is 13.8 Å². The molecule has 0 saturated carbocycles. The molecule has 0 saturated heterocycles. The summed E-state index contributed by atoms with van der Waals surface area (Å²) in [6, 6.07) is 2.06. The van der Waals surface area contributed by atoms with Crippen LogP contribution in [0.25, 0.3) is 5.57 Å². The third-order valence-corrected chi connectivity index (χ3v) is 5.64. The fourth-order valence-electron chi connectivity index (χ4n) is 2.14. The van der Waals surface area contributed by atoms with Gasteiger partial charge in [-0.1, -0.05) is 0 Å². The molecule has 10 heteroatoms. The summed E-state index contributed by atoms with van der Waals surface area (Å²) in [5, 5.41) is 15.0. The largest absolute Gasteiger partial charge is 0.460 e. The predicted molar refractivity (Wildman–Crippen MR) is 104 cm³/mol. The summed E-state index contributed by atoms with van der Waals surface area (Å²) in [6.45, 7) is 3.78. The summed E-state index contributed by atoms with van der Waals surface area (Å²) in [5.74, 6) is -1.25. The Bertz CT molecular complexity index is 924. The molecule has 0 unspecified atom stereocenters. The van der Waals surface area contributed by atoms with E-state index in [1.165, 1.54) is 24.6 Å². The number of ether oxygens (including phenoxy) is 2. The van der Waals surface area contributed by atoms with E-state index in [9.17, 15) is 14.9 Å². The third-order valence-electron chi connectivity index (χ3n) is 3.41. The van der Waals surface area contributed by atoms with Crippen LogP contribution in [0.2, 0.25) is 0 Å². The zero-order valence-corrected chi connectivity index (χ0v) is 16.6. The molecule has 0 radical (unpaired) electrons. The molecule has 2 aromatic rings. The van der Waals surface area contributed by atoms with E-state index >= 15 is 0 Å². The van der Waals surface area contributed by atoms with E-state index in [2.05, 4.69) is 16.4 Å². The number of nitrogens with one attached hydrogen (secondary N) is 1. The number of methoxy groups -OCH3 is 1. The Morgan fingerprint density at radius 1 is 1.41 bits per heavy atom. The number of carbonyl (C=O) groups is 2. The molecular weight excluding hydrogens is 388 g/mol. The Labute approximate surface area is 164 Å². The highest BCUT2D eigenvalue weighted by molar-refractivity contribution is 7.18. The average molecular weight is 406 g/mol. The van der Waals surface area contributed by atoms with Gasteiger partial charge >= 0.3 is 5.97 Å². The van der Waals surface area contributed by atoms with Gasteiger partial charge in [0.15, 0.2) is 0 Å². The van der Waals surface area contributed by atoms with Crippen LogP contribution in [0.5, 0.6) is 0 Å². The maximum absolute atomic E-state index is 12.4. The number of nitrogens with zero attached hydrogens (tertiary/aromatic N) is 2. The number of aryl methyl sites for hydroxylation is 1. The van der Waals surface area contributed by atoms with E-state index in [0.29, 0.717) is 21.1 Å². The average Bonchev–Trinajstić information content (AvgIpc) is 3.19. The number of hydrogen-bond acceptors (Lipinski definition) is 9. The molecular formula is C17H18N4O4S2. The third kappa shape index (κ3) is 4.91. The van der Waals surface area contributed by atoms with Gasteiger partial charge in [-0.2, -0.15) is 5.26 Å². The molecule has 0 aliphatic heterocycles. The SMILES string of the molecule is COCCOC(=O)c1c(N/C=C(\C#N)c2nc(C)cs2)sc(C(N)=O)c1C. The summed E-state index contributed by atoms with van der Waals surface area (Å²) in [6.07, 6.45) is 1.44. The number of primary amides is 1. The Morgan fingerprint density at radius 3 is 2.70 bits per heavy atom. The molecule has 142 valence electrons. The van der Waals surface area contributed by atoms with Crippen LogP contribution in [0.15, 0.2) is 11.6 Å². The summed E-state index contributed by atoms with van der Waals surface area (Å²) >= 11 is 2.36. The molecule has 2 rings (SSSR count). The van der Waals surface area contributed by atoms with Gasteiger partial charge in [0.25, 0.3) is 5.91 Å². The fourth-order valence-corrected chi connectivity index (χ4v) is 3.92. The smallest absolute Gasteiger partial charge is 0.341 e. The highest BCUT2D eigenvalue weighted by Crippen LogP contribution is 2.34. The van der Waals surface area contributed by atoms with Crippen LogP contribution in [0.4, 0.5) is 5.00 Å². The number of thiazole rings is 1. The molecule has 0 fully saturated rings. The topological polar surface area (TPSA) is 127 Å². The Hall–Kier alpha value is -2.74. The molecule has 0 bridgehead atoms. The van der Waals surface area contributed by atoms with Gasteiger partial charge in [0, 0.05) is 24.4 Å². The quantitative estimate of drug-likeness (QED) is 0.392. The predicted octanol–water partition coefficient (Wildman–Crippen LogP) is 2.70. The van der Waals surface area contributed by atoms with Crippen LogP contribution in [-0.4, -0.2) is 37.2 Å². The first kappa shape index (κ1) is 20.6. The molecule has 0 atom stereocenters. The maximum Gasteiger partial charge on any atom is 0.341 e. The number of anilines is 1. The van der Waals surface area contributed by atoms with Crippen molar-refractivity contribution in [3.63, 3.8) is 0 Å². The molecule has 3 N–H and O–H groups in total. The summed E-state index contributed by atoms with van der Waals surface area (Å²) in [4.78, 5) is 28.6. The number of hydrogen-bond donors (Lipinski definition) is 2. The Balaban J connectivity index is 2.35. The number of esters is 1. The first-order valence-corrected chi connectivity index (χ1v) is 9.47. The van der Waals surface area contributed by atoms with Crippen LogP contribution < -0.4 is 11.1 Å². The van der Waals surface area contributed by atoms with Crippen molar-refractivity contribution >= 4 is 45.1 Å². The van der Waals surface area contributed by atoms with Gasteiger partial charge in [-0.3, -0.25) is 4.79 Å². The van der Waals surface area contributed by atoms with E-state index in [1.807, 2.05) is 12.3 Å². The number of nitriles is 1. The van der Waals surface area contributed by atoms with Gasteiger partial charge in [0.2, 0.25) is 0 Å². The minimum atomic E-state index is -0.642. The van der Waals surface area contributed by atoms with Crippen molar-refractivity contribution in [2.24, 2.45) is 5.73 Å². The molecule has 27 heavy (non-hydrogen) atoms. The van der Waals surface area contributed by atoms with Crippen molar-refractivity contribution in [2.75, 3.05) is 25.6 Å². The van der Waals surface area contributed by atoms with E-state index in [0.717, 1.165) is 17.0 Å². The lowest BCUT2D eigenvalue weighted by Crippen LogP contribution is -2.13. The second-order valence-corrected chi connectivity index (χ2v) is 7.24. The van der Waals surface area contributed by atoms with Gasteiger partial charge in [-0.25, -0.2) is 9.78 Å². The van der Waals surface area contributed by atoms with Crippen molar-refractivity contribution in [3.05, 3.63) is 38.3 Å². The first-order valence-electron chi connectivity index (χ1n) is 7.77. The van der Waals surface area contributed by atoms with Crippen LogP contribution in [0, 0.1) is 25.2 Å². The van der Waals surface area contributed by atoms with Crippen molar-refractivity contribution < 1.29 is 19.1 Å². The standard InChI is InChI=1S/C17H18N4O4S2/c1-9-8-26-15(21-9)11(6-18)7-20-16-12(17(23)25-5-4-24-3)10(2)13(27-16)14(19)22/h7-8,20H,4-5H2,1-3H3,(H2,19,22)/b11-7+. The Morgan fingerprint density at radius 2 is 2.15 bits per heavy atom. The van der Waals surface area contributed by atoms with Crippen molar-refractivity contribution in [1.29, 1.82) is 5.26 Å². The molecule has 2 heterocycles. The molecule has 2 aromatic heterocycles. The number of nitrogens with two attached hydrogens (primary N) is 1. The lowest BCUT2D eigenvalue weighted by molar-refractivity contribution is 0.0389. The zero-order valence-electron chi connectivity index (χ0n) is 15.0. The van der Waals surface area contributed by atoms with Crippen molar-refractivity contribution in [3.8, 4) is 6.07 Å². The van der Waals surface area contributed by atoms with Gasteiger partial charge in [0.05, 0.1) is 17.0 Å². The van der Waals surface area contributed by atoms with Gasteiger partial charge in [0.1, 0.15) is 28.3 Å². The van der Waals surface area contributed by atoms with Crippen LogP contribution >= 0.6 is 22.7 Å². The number of carbonyl (C=O) groups excluding carboxylic acids is 2. The lowest BCUT2D eigenvalue weighted by Gasteiger charge is -2.06. The molecule has 0 aromatic carbocycles. The zero-order chi connectivity index (χ0) is 20.0. The minimum absolute atomic E-state index is 0.0770. The highest BCUT2D eigenvalue weighted by atomic mass is 32.1. The number of thiophene rings is 1. The summed E-state index contributed by atoms with van der Waals surface area (Å²) in [5.41, 5.74) is 7.13. The first-order chi connectivity index (χ1) is 12.9. The van der Waals surface area contributed by atoms with Gasteiger partial charge in [-0.05, 0) is 19.4 Å². The van der Waals surface area contributed by atoms with Crippen LogP contribution in [0.3, 0.4) is 0 Å². The van der Waals surface area contributed by atoms with Gasteiger partial charge < -0.3 is 20.5 Å². The molecule has 1 amide bonds. The molecule has 0 aliphatic carbocycles. The van der Waals surface area contributed by atoms with Crippen LogP contribution in [0.1, 0.15) is 36.3 Å². The van der Waals surface area contributed by atoms with E-state index in [4.69, 9.17) is 15.2 Å². The maximum atomic E-state index is 12.4. The highest BCUT2D eigenvalue weighted by Gasteiger charge is 2.24. The number of aromatic nitrogens is 1. The normalized spacial score (nSPS) is 11.1. The lowest BCUT2D eigenvalue weighted by atomic mass is 10.1. The Kier molecular flexibility index (Phi) is 7.06. The summed E-state index contributed by atoms with van der Waals surface area (Å²) < 4.78 is 10.0. The monoisotopic (exact) mass is 406 g/mol. The van der Waals surface area contributed by atoms with Crippen molar-refractivity contribution in [1.82, 2.24) is 4.98 Å². The van der Waals surface area contributed by atoms with Crippen LogP contribution in [-0.2, 0) is 9.47 Å². The number of rotatable bonds is 8. The minimum Gasteiger partial charge on any atom is -0.460 e. The number of allylic oxidation sites excluding steroid dienone is 1. The number of amides is 1. The molecule has 0 spiro atoms. The molecule has 8 nitrogen and oxygen atoms in total.